The van der Waals surface area contributed by atoms with Gasteiger partial charge in [0.2, 0.25) is 0 Å². The molecule has 0 spiro atoms. The van der Waals surface area contributed by atoms with Crippen LogP contribution in [0.25, 0.3) is 0 Å². The van der Waals surface area contributed by atoms with Crippen LogP contribution < -0.4 is 5.32 Å². The summed E-state index contributed by atoms with van der Waals surface area (Å²) in [6.45, 7) is 4.96. The Morgan fingerprint density at radius 2 is 2.40 bits per heavy atom. The van der Waals surface area contributed by atoms with E-state index < -0.39 is 0 Å². The van der Waals surface area contributed by atoms with Crippen molar-refractivity contribution in [1.29, 1.82) is 0 Å². The Bertz CT molecular complexity index is 207. The van der Waals surface area contributed by atoms with Gasteiger partial charge in [0.15, 0.2) is 0 Å². The van der Waals surface area contributed by atoms with Gasteiger partial charge >= 0.3 is 5.97 Å². The Balaban J connectivity index is 2.44. The van der Waals surface area contributed by atoms with Crippen LogP contribution in [0, 0.1) is 5.92 Å². The maximum absolute atomic E-state index is 11.4. The minimum absolute atomic E-state index is 0.102. The fraction of sp³-hybridized carbons (Fsp3) is 0.909. The predicted molar refractivity (Wildman–Crippen MR) is 59.7 cm³/mol. The van der Waals surface area contributed by atoms with Crippen LogP contribution >= 0.6 is 0 Å². The third-order valence-electron chi connectivity index (χ3n) is 3.13. The topological polar surface area (TPSA) is 41.6 Å². The largest absolute Gasteiger partial charge is 0.468 e. The number of hydrogen-bond acceptors (Lipinski definition) is 4. The van der Waals surface area contributed by atoms with Crippen molar-refractivity contribution < 1.29 is 9.53 Å². The number of likely N-dealkylation sites (tertiary alicyclic amines) is 1. The third kappa shape index (κ3) is 3.47. The van der Waals surface area contributed by atoms with E-state index >= 15 is 0 Å². The second-order valence-corrected chi connectivity index (χ2v) is 4.26. The number of ether oxygens (including phenoxy) is 1. The summed E-state index contributed by atoms with van der Waals surface area (Å²) >= 11 is 0. The second kappa shape index (κ2) is 6.08. The maximum Gasteiger partial charge on any atom is 0.322 e. The van der Waals surface area contributed by atoms with Crippen molar-refractivity contribution in [3.8, 4) is 0 Å². The van der Waals surface area contributed by atoms with Gasteiger partial charge in [0.1, 0.15) is 6.04 Å². The van der Waals surface area contributed by atoms with Crippen molar-refractivity contribution in [2.45, 2.75) is 25.8 Å². The van der Waals surface area contributed by atoms with E-state index in [0.717, 1.165) is 19.6 Å². The van der Waals surface area contributed by atoms with Crippen LogP contribution in [0.1, 0.15) is 19.8 Å². The lowest BCUT2D eigenvalue weighted by molar-refractivity contribution is -0.147. The number of nitrogens with zero attached hydrogens (tertiary/aromatic N) is 1. The molecule has 0 aromatic carbocycles. The average molecular weight is 214 g/mol. The van der Waals surface area contributed by atoms with Gasteiger partial charge in [-0.2, -0.15) is 0 Å². The van der Waals surface area contributed by atoms with E-state index in [-0.39, 0.29) is 12.0 Å². The summed E-state index contributed by atoms with van der Waals surface area (Å²) in [5.41, 5.74) is 0. The number of esters is 1. The predicted octanol–water partition coefficient (Wildman–Crippen LogP) is 0.479. The highest BCUT2D eigenvalue weighted by Crippen LogP contribution is 2.18. The molecule has 4 nitrogen and oxygen atoms in total. The summed E-state index contributed by atoms with van der Waals surface area (Å²) in [6, 6.07) is -0.102. The lowest BCUT2D eigenvalue weighted by atomic mass is 9.97. The molecule has 4 heteroatoms. The fourth-order valence-corrected chi connectivity index (χ4v) is 2.22. The Labute approximate surface area is 92.0 Å². The van der Waals surface area contributed by atoms with Crippen molar-refractivity contribution >= 4 is 5.97 Å². The first-order chi connectivity index (χ1) is 7.19. The van der Waals surface area contributed by atoms with Gasteiger partial charge < -0.3 is 10.1 Å². The number of hydrogen-bond donors (Lipinski definition) is 1. The highest BCUT2D eigenvalue weighted by atomic mass is 16.5. The molecular weight excluding hydrogens is 192 g/mol. The molecule has 15 heavy (non-hydrogen) atoms. The lowest BCUT2D eigenvalue weighted by Crippen LogP contribution is -2.47. The molecule has 0 radical (unpaired) electrons. The molecule has 2 unspecified atom stereocenters. The Kier molecular flexibility index (Phi) is 5.05. The molecule has 1 heterocycles. The van der Waals surface area contributed by atoms with E-state index in [1.54, 1.807) is 0 Å². The van der Waals surface area contributed by atoms with Crippen molar-refractivity contribution in [2.75, 3.05) is 33.8 Å². The minimum Gasteiger partial charge on any atom is -0.468 e. The Morgan fingerprint density at radius 3 is 3.00 bits per heavy atom. The van der Waals surface area contributed by atoms with Gasteiger partial charge in [-0.15, -0.1) is 0 Å². The number of methoxy groups -OCH3 is 1. The first kappa shape index (κ1) is 12.5. The molecule has 0 amide bonds. The zero-order valence-corrected chi connectivity index (χ0v) is 9.95. The van der Waals surface area contributed by atoms with Crippen LogP contribution in [-0.2, 0) is 9.53 Å². The number of nitrogens with one attached hydrogen (secondary N) is 1. The summed E-state index contributed by atoms with van der Waals surface area (Å²) in [5, 5.41) is 3.20. The number of rotatable bonds is 4. The molecule has 0 bridgehead atoms. The average Bonchev–Trinajstić information content (AvgIpc) is 2.28. The second-order valence-electron chi connectivity index (χ2n) is 4.26. The molecule has 1 rings (SSSR count). The summed E-state index contributed by atoms with van der Waals surface area (Å²) in [6.07, 6.45) is 2.43. The Hall–Kier alpha value is -0.610. The smallest absolute Gasteiger partial charge is 0.322 e. The highest BCUT2D eigenvalue weighted by Gasteiger charge is 2.27. The molecule has 0 saturated carbocycles. The molecular formula is C11H22N2O2. The molecule has 88 valence electrons. The SMILES string of the molecule is CNCC1CCCN(C(C)C(=O)OC)C1. The zero-order chi connectivity index (χ0) is 11.3. The van der Waals surface area contributed by atoms with Crippen molar-refractivity contribution in [1.82, 2.24) is 10.2 Å². The summed E-state index contributed by atoms with van der Waals surface area (Å²) in [4.78, 5) is 13.6. The first-order valence-corrected chi connectivity index (χ1v) is 5.65. The van der Waals surface area contributed by atoms with Crippen molar-refractivity contribution in [3.63, 3.8) is 0 Å². The molecule has 1 N–H and O–H groups in total. The molecule has 1 fully saturated rings. The van der Waals surface area contributed by atoms with E-state index in [0.29, 0.717) is 5.92 Å². The first-order valence-electron chi connectivity index (χ1n) is 5.65. The van der Waals surface area contributed by atoms with E-state index in [9.17, 15) is 4.79 Å². The van der Waals surface area contributed by atoms with Gasteiger partial charge in [-0.1, -0.05) is 0 Å². The third-order valence-corrected chi connectivity index (χ3v) is 3.13. The van der Waals surface area contributed by atoms with Gasteiger partial charge in [0.25, 0.3) is 0 Å². The van der Waals surface area contributed by atoms with Crippen LogP contribution in [0.5, 0.6) is 0 Å². The van der Waals surface area contributed by atoms with Crippen LogP contribution in [-0.4, -0.2) is 50.7 Å². The minimum atomic E-state index is -0.125. The summed E-state index contributed by atoms with van der Waals surface area (Å²) in [5.74, 6) is 0.538. The van der Waals surface area contributed by atoms with Crippen LogP contribution in [0.3, 0.4) is 0 Å². The van der Waals surface area contributed by atoms with E-state index in [4.69, 9.17) is 4.74 Å². The molecule has 0 aromatic heterocycles. The molecule has 1 aliphatic heterocycles. The molecule has 0 aliphatic carbocycles. The van der Waals surface area contributed by atoms with Crippen LogP contribution in [0.15, 0.2) is 0 Å². The summed E-state index contributed by atoms with van der Waals surface area (Å²) < 4.78 is 4.76. The molecule has 1 aliphatic rings. The van der Waals surface area contributed by atoms with Gasteiger partial charge in [0.05, 0.1) is 7.11 Å². The Morgan fingerprint density at radius 1 is 1.67 bits per heavy atom. The number of carbonyl (C=O) groups excluding carboxylic acids is 1. The quantitative estimate of drug-likeness (QED) is 0.691. The highest BCUT2D eigenvalue weighted by molar-refractivity contribution is 5.75. The van der Waals surface area contributed by atoms with Crippen molar-refractivity contribution in [3.05, 3.63) is 0 Å². The van der Waals surface area contributed by atoms with Crippen LogP contribution in [0.4, 0.5) is 0 Å². The normalized spacial score (nSPS) is 24.9. The van der Waals surface area contributed by atoms with E-state index in [1.807, 2.05) is 14.0 Å². The van der Waals surface area contributed by atoms with Gasteiger partial charge in [0, 0.05) is 6.54 Å². The summed E-state index contributed by atoms with van der Waals surface area (Å²) in [7, 11) is 3.43. The number of piperidine rings is 1. The number of carbonyl (C=O) groups is 1. The maximum atomic E-state index is 11.4. The molecule has 2 atom stereocenters. The monoisotopic (exact) mass is 214 g/mol. The van der Waals surface area contributed by atoms with E-state index in [1.165, 1.54) is 20.0 Å². The van der Waals surface area contributed by atoms with Gasteiger partial charge in [-0.25, -0.2) is 0 Å². The van der Waals surface area contributed by atoms with Gasteiger partial charge in [-0.05, 0) is 45.8 Å². The molecule has 0 aromatic rings. The fourth-order valence-electron chi connectivity index (χ4n) is 2.22. The van der Waals surface area contributed by atoms with Crippen molar-refractivity contribution in [2.24, 2.45) is 5.92 Å². The standard InChI is InChI=1S/C11H22N2O2/c1-9(11(14)15-3)13-6-4-5-10(8-13)7-12-2/h9-10,12H,4-8H2,1-3H3. The van der Waals surface area contributed by atoms with Crippen LogP contribution in [0.2, 0.25) is 0 Å². The zero-order valence-electron chi connectivity index (χ0n) is 9.95. The van der Waals surface area contributed by atoms with Gasteiger partial charge in [-0.3, -0.25) is 9.69 Å². The molecule has 1 saturated heterocycles. The lowest BCUT2D eigenvalue weighted by Gasteiger charge is -2.35. The van der Waals surface area contributed by atoms with E-state index in [2.05, 4.69) is 10.2 Å².